The Balaban J connectivity index is 2.19. The predicted molar refractivity (Wildman–Crippen MR) is 95.3 cm³/mol. The number of nitrogens with one attached hydrogen (secondary N) is 1. The largest absolute Gasteiger partial charge is 0.380 e. The number of benzene rings is 2. The average Bonchev–Trinajstić information content (AvgIpc) is 2.62. The van der Waals surface area contributed by atoms with E-state index >= 15 is 0 Å². The van der Waals surface area contributed by atoms with Crippen molar-refractivity contribution in [3.05, 3.63) is 59.4 Å². The smallest absolute Gasteiger partial charge is 0.251 e. The van der Waals surface area contributed by atoms with E-state index < -0.39 is 5.82 Å². The van der Waals surface area contributed by atoms with Gasteiger partial charge < -0.3 is 10.1 Å². The summed E-state index contributed by atoms with van der Waals surface area (Å²) in [6, 6.07) is 10.8. The minimum absolute atomic E-state index is 0.0198. The first-order valence-corrected chi connectivity index (χ1v) is 8.18. The molecule has 2 rings (SSSR count). The van der Waals surface area contributed by atoms with Crippen LogP contribution in [0.2, 0.25) is 0 Å². The predicted octanol–water partition coefficient (Wildman–Crippen LogP) is 3.85. The lowest BCUT2D eigenvalue weighted by Gasteiger charge is -2.14. The van der Waals surface area contributed by atoms with Crippen molar-refractivity contribution >= 4 is 11.7 Å². The molecule has 1 atom stereocenters. The Morgan fingerprint density at radius 2 is 1.84 bits per heavy atom. The van der Waals surface area contributed by atoms with Crippen molar-refractivity contribution in [2.75, 3.05) is 13.7 Å². The molecule has 0 aromatic heterocycles. The summed E-state index contributed by atoms with van der Waals surface area (Å²) in [5.41, 5.74) is 2.15. The third-order valence-corrected chi connectivity index (χ3v) is 4.10. The summed E-state index contributed by atoms with van der Waals surface area (Å²) in [6.45, 7) is 3.87. The molecule has 0 heterocycles. The van der Waals surface area contributed by atoms with Gasteiger partial charge in [-0.2, -0.15) is 0 Å². The van der Waals surface area contributed by atoms with Gasteiger partial charge in [-0.05, 0) is 54.8 Å². The highest BCUT2D eigenvalue weighted by atomic mass is 19.1. The summed E-state index contributed by atoms with van der Waals surface area (Å²) in [5, 5.41) is 2.82. The fourth-order valence-corrected chi connectivity index (χ4v) is 2.57. The maximum atomic E-state index is 13.6. The molecule has 0 saturated heterocycles. The fraction of sp³-hybridized carbons (Fsp3) is 0.300. The number of ketones is 1. The summed E-state index contributed by atoms with van der Waals surface area (Å²) < 4.78 is 18.8. The molecule has 1 amide bonds. The van der Waals surface area contributed by atoms with Crippen LogP contribution in [-0.2, 0) is 4.74 Å². The van der Waals surface area contributed by atoms with Crippen LogP contribution in [0.3, 0.4) is 0 Å². The third kappa shape index (κ3) is 4.73. The van der Waals surface area contributed by atoms with Gasteiger partial charge in [-0.15, -0.1) is 0 Å². The van der Waals surface area contributed by atoms with E-state index in [9.17, 15) is 14.0 Å². The normalized spacial score (nSPS) is 11.8. The van der Waals surface area contributed by atoms with Crippen LogP contribution in [0.4, 0.5) is 4.39 Å². The van der Waals surface area contributed by atoms with E-state index in [1.807, 2.05) is 6.92 Å². The molecule has 5 heteroatoms. The lowest BCUT2D eigenvalue weighted by atomic mass is 9.96. The zero-order chi connectivity index (χ0) is 18.4. The molecule has 25 heavy (non-hydrogen) atoms. The highest BCUT2D eigenvalue weighted by Gasteiger charge is 2.13. The lowest BCUT2D eigenvalue weighted by Crippen LogP contribution is -2.32. The number of halogens is 1. The molecule has 132 valence electrons. The van der Waals surface area contributed by atoms with Crippen LogP contribution in [0.5, 0.6) is 0 Å². The van der Waals surface area contributed by atoms with E-state index in [-0.39, 0.29) is 17.8 Å². The van der Waals surface area contributed by atoms with Crippen molar-refractivity contribution in [3.63, 3.8) is 0 Å². The number of hydrogen-bond acceptors (Lipinski definition) is 3. The Kier molecular flexibility index (Phi) is 6.42. The van der Waals surface area contributed by atoms with Gasteiger partial charge in [0.1, 0.15) is 5.82 Å². The number of methoxy groups -OCH3 is 1. The molecule has 0 saturated carbocycles. The van der Waals surface area contributed by atoms with Crippen LogP contribution in [0, 0.1) is 5.82 Å². The molecule has 1 N–H and O–H groups in total. The first-order valence-electron chi connectivity index (χ1n) is 8.18. The molecule has 0 spiro atoms. The second kappa shape index (κ2) is 8.53. The van der Waals surface area contributed by atoms with Crippen LogP contribution in [0.1, 0.15) is 41.0 Å². The summed E-state index contributed by atoms with van der Waals surface area (Å²) in [7, 11) is 1.61. The summed E-state index contributed by atoms with van der Waals surface area (Å²) >= 11 is 0. The van der Waals surface area contributed by atoms with Gasteiger partial charge in [-0.1, -0.05) is 19.1 Å². The maximum absolute atomic E-state index is 13.6. The molecular formula is C20H22FNO3. The highest BCUT2D eigenvalue weighted by molar-refractivity contribution is 6.01. The van der Waals surface area contributed by atoms with E-state index in [2.05, 4.69) is 5.32 Å². The molecule has 0 aliphatic carbocycles. The van der Waals surface area contributed by atoms with Crippen molar-refractivity contribution in [1.29, 1.82) is 0 Å². The number of amides is 1. The lowest BCUT2D eigenvalue weighted by molar-refractivity contribution is 0.0815. The maximum Gasteiger partial charge on any atom is 0.251 e. The van der Waals surface area contributed by atoms with Gasteiger partial charge in [-0.25, -0.2) is 4.39 Å². The van der Waals surface area contributed by atoms with Crippen LogP contribution < -0.4 is 5.32 Å². The van der Waals surface area contributed by atoms with Gasteiger partial charge in [0.05, 0.1) is 6.10 Å². The summed E-state index contributed by atoms with van der Waals surface area (Å²) in [5.74, 6) is -0.748. The Bertz CT molecular complexity index is 752. The molecule has 2 aromatic rings. The number of rotatable bonds is 7. The van der Waals surface area contributed by atoms with E-state index in [0.717, 1.165) is 6.42 Å². The number of ether oxygens (including phenoxy) is 1. The zero-order valence-corrected chi connectivity index (χ0v) is 14.6. The molecule has 0 bridgehead atoms. The molecule has 2 aromatic carbocycles. The van der Waals surface area contributed by atoms with E-state index in [1.165, 1.54) is 25.1 Å². The molecule has 0 fully saturated rings. The third-order valence-electron chi connectivity index (χ3n) is 4.10. The highest BCUT2D eigenvalue weighted by Crippen LogP contribution is 2.25. The number of hydrogen-bond donors (Lipinski definition) is 1. The summed E-state index contributed by atoms with van der Waals surface area (Å²) in [6.07, 6.45) is 0.789. The topological polar surface area (TPSA) is 55.4 Å². The zero-order valence-electron chi connectivity index (χ0n) is 14.6. The minimum atomic E-state index is -0.410. The monoisotopic (exact) mass is 343 g/mol. The van der Waals surface area contributed by atoms with E-state index in [4.69, 9.17) is 4.74 Å². The number of carbonyl (C=O) groups excluding carboxylic acids is 2. The first kappa shape index (κ1) is 18.8. The van der Waals surface area contributed by atoms with E-state index in [1.54, 1.807) is 31.4 Å². The standard InChI is InChI=1S/C20H22FNO3/c1-4-17(25-3)12-22-20(24)15-7-5-14(6-8-15)19-11-16(21)9-10-18(19)13(2)23/h5-11,17H,4,12H2,1-3H3,(H,22,24)/t17-/m0/s1. The van der Waals surface area contributed by atoms with Gasteiger partial charge in [0.15, 0.2) is 5.78 Å². The van der Waals surface area contributed by atoms with Crippen molar-refractivity contribution in [3.8, 4) is 11.1 Å². The summed E-state index contributed by atoms with van der Waals surface area (Å²) in [4.78, 5) is 23.9. The SMILES string of the molecule is CC[C@@H](CNC(=O)c1ccc(-c2cc(F)ccc2C(C)=O)cc1)OC. The Labute approximate surface area is 147 Å². The number of Topliss-reactive ketones (excluding diaryl/α,β-unsaturated/α-hetero) is 1. The Hall–Kier alpha value is -2.53. The Morgan fingerprint density at radius 3 is 2.40 bits per heavy atom. The van der Waals surface area contributed by atoms with Gasteiger partial charge in [0, 0.05) is 24.8 Å². The average molecular weight is 343 g/mol. The molecular weight excluding hydrogens is 321 g/mol. The second-order valence-electron chi connectivity index (χ2n) is 5.80. The molecule has 0 aliphatic heterocycles. The van der Waals surface area contributed by atoms with Crippen LogP contribution >= 0.6 is 0 Å². The first-order chi connectivity index (χ1) is 12.0. The van der Waals surface area contributed by atoms with Crippen LogP contribution in [-0.4, -0.2) is 31.4 Å². The fourth-order valence-electron chi connectivity index (χ4n) is 2.57. The van der Waals surface area contributed by atoms with Crippen molar-refractivity contribution in [1.82, 2.24) is 5.32 Å². The second-order valence-corrected chi connectivity index (χ2v) is 5.80. The van der Waals surface area contributed by atoms with Crippen molar-refractivity contribution in [2.45, 2.75) is 26.4 Å². The van der Waals surface area contributed by atoms with Gasteiger partial charge in [0.25, 0.3) is 5.91 Å². The molecule has 0 unspecified atom stereocenters. The van der Waals surface area contributed by atoms with Gasteiger partial charge >= 0.3 is 0 Å². The Morgan fingerprint density at radius 1 is 1.16 bits per heavy atom. The molecule has 0 radical (unpaired) electrons. The van der Waals surface area contributed by atoms with Crippen molar-refractivity contribution < 1.29 is 18.7 Å². The molecule has 0 aliphatic rings. The van der Waals surface area contributed by atoms with Crippen molar-refractivity contribution in [2.24, 2.45) is 0 Å². The minimum Gasteiger partial charge on any atom is -0.380 e. The number of carbonyl (C=O) groups is 2. The quantitative estimate of drug-likeness (QED) is 0.777. The van der Waals surface area contributed by atoms with Gasteiger partial charge in [-0.3, -0.25) is 9.59 Å². The molecule has 4 nitrogen and oxygen atoms in total. The van der Waals surface area contributed by atoms with Gasteiger partial charge in [0.2, 0.25) is 0 Å². The van der Waals surface area contributed by atoms with Crippen LogP contribution in [0.25, 0.3) is 11.1 Å². The van der Waals surface area contributed by atoms with E-state index in [0.29, 0.717) is 28.8 Å². The van der Waals surface area contributed by atoms with Crippen LogP contribution in [0.15, 0.2) is 42.5 Å².